The lowest BCUT2D eigenvalue weighted by Gasteiger charge is -2.26. The molecule has 2 heteroatoms. The van der Waals surface area contributed by atoms with E-state index >= 15 is 0 Å². The van der Waals surface area contributed by atoms with E-state index in [1.807, 2.05) is 12.1 Å². The summed E-state index contributed by atoms with van der Waals surface area (Å²) in [5.74, 6) is 0.380. The van der Waals surface area contributed by atoms with Gasteiger partial charge in [-0.15, -0.1) is 0 Å². The normalized spacial score (nSPS) is 19.3. The topological polar surface area (TPSA) is 23.5 Å². The summed E-state index contributed by atoms with van der Waals surface area (Å²) in [4.78, 5) is 2.52. The van der Waals surface area contributed by atoms with E-state index in [-0.39, 0.29) is 0 Å². The summed E-state index contributed by atoms with van der Waals surface area (Å²) in [7, 11) is 0. The molecule has 1 saturated heterocycles. The summed E-state index contributed by atoms with van der Waals surface area (Å²) in [5.41, 5.74) is 1.25. The average Bonchev–Trinajstić information content (AvgIpc) is 2.72. The van der Waals surface area contributed by atoms with Crippen LogP contribution in [-0.2, 0) is 0 Å². The molecule has 0 radical (unpaired) electrons. The molecule has 0 aliphatic carbocycles. The van der Waals surface area contributed by atoms with E-state index in [0.717, 1.165) is 6.42 Å². The van der Waals surface area contributed by atoms with Crippen molar-refractivity contribution in [1.29, 1.82) is 0 Å². The van der Waals surface area contributed by atoms with Gasteiger partial charge in [0.05, 0.1) is 0 Å². The Morgan fingerprint density at radius 3 is 2.67 bits per heavy atom. The van der Waals surface area contributed by atoms with Crippen LogP contribution in [0.5, 0.6) is 5.75 Å². The second-order valence-electron chi connectivity index (χ2n) is 4.26. The number of aromatic hydroxyl groups is 1. The maximum atomic E-state index is 9.48. The van der Waals surface area contributed by atoms with Gasteiger partial charge in [0.25, 0.3) is 0 Å². The van der Waals surface area contributed by atoms with E-state index in [2.05, 4.69) is 17.9 Å². The maximum absolute atomic E-state index is 9.48. The van der Waals surface area contributed by atoms with Crippen molar-refractivity contribution in [2.45, 2.75) is 32.2 Å². The fourth-order valence-electron chi connectivity index (χ4n) is 2.49. The third-order valence-corrected chi connectivity index (χ3v) is 3.22. The monoisotopic (exact) mass is 205 g/mol. The van der Waals surface area contributed by atoms with Gasteiger partial charge in [0, 0.05) is 6.04 Å². The predicted octanol–water partition coefficient (Wildman–Crippen LogP) is 2.94. The molecule has 1 atom stereocenters. The van der Waals surface area contributed by atoms with Crippen molar-refractivity contribution in [3.8, 4) is 5.75 Å². The Morgan fingerprint density at radius 1 is 1.33 bits per heavy atom. The van der Waals surface area contributed by atoms with E-state index in [1.165, 1.54) is 31.5 Å². The zero-order valence-corrected chi connectivity index (χ0v) is 9.32. The maximum Gasteiger partial charge on any atom is 0.115 e. The number of phenolic OH excluding ortho intramolecular Hbond substituents is 1. The first-order chi connectivity index (χ1) is 7.31. The van der Waals surface area contributed by atoms with Gasteiger partial charge in [-0.2, -0.15) is 0 Å². The van der Waals surface area contributed by atoms with Crippen molar-refractivity contribution in [1.82, 2.24) is 4.90 Å². The Balaban J connectivity index is 2.18. The van der Waals surface area contributed by atoms with Gasteiger partial charge in [0.15, 0.2) is 0 Å². The Labute approximate surface area is 91.5 Å². The number of rotatable bonds is 3. The van der Waals surface area contributed by atoms with E-state index in [0.29, 0.717) is 11.8 Å². The molecule has 2 nitrogen and oxygen atoms in total. The number of hydrogen-bond acceptors (Lipinski definition) is 2. The SMILES string of the molecule is CCC(c1cccc(O)c1)N1CCCC1. The smallest absolute Gasteiger partial charge is 0.115 e. The summed E-state index contributed by atoms with van der Waals surface area (Å²) < 4.78 is 0. The molecule has 1 aliphatic heterocycles. The molecular formula is C13H19NO. The first kappa shape index (κ1) is 10.5. The highest BCUT2D eigenvalue weighted by molar-refractivity contribution is 5.29. The van der Waals surface area contributed by atoms with Crippen molar-refractivity contribution < 1.29 is 5.11 Å². The summed E-state index contributed by atoms with van der Waals surface area (Å²) in [6.07, 6.45) is 3.74. The molecule has 1 unspecified atom stereocenters. The molecule has 15 heavy (non-hydrogen) atoms. The third-order valence-electron chi connectivity index (χ3n) is 3.22. The first-order valence-corrected chi connectivity index (χ1v) is 5.84. The summed E-state index contributed by atoms with van der Waals surface area (Å²) >= 11 is 0. The largest absolute Gasteiger partial charge is 0.508 e. The van der Waals surface area contributed by atoms with Crippen LogP contribution in [0.2, 0.25) is 0 Å². The molecule has 82 valence electrons. The summed E-state index contributed by atoms with van der Waals surface area (Å²) in [6, 6.07) is 8.17. The highest BCUT2D eigenvalue weighted by Gasteiger charge is 2.21. The van der Waals surface area contributed by atoms with Crippen LogP contribution in [0.15, 0.2) is 24.3 Å². The van der Waals surface area contributed by atoms with Gasteiger partial charge in [-0.1, -0.05) is 19.1 Å². The van der Waals surface area contributed by atoms with Gasteiger partial charge < -0.3 is 5.11 Å². The highest BCUT2D eigenvalue weighted by Crippen LogP contribution is 2.29. The number of benzene rings is 1. The van der Waals surface area contributed by atoms with E-state index < -0.39 is 0 Å². The Hall–Kier alpha value is -1.02. The molecule has 2 rings (SSSR count). The summed E-state index contributed by atoms with van der Waals surface area (Å²) in [5, 5.41) is 9.48. The minimum absolute atomic E-state index is 0.380. The molecule has 1 heterocycles. The van der Waals surface area contributed by atoms with Gasteiger partial charge in [0.2, 0.25) is 0 Å². The lowest BCUT2D eigenvalue weighted by atomic mass is 10.0. The Kier molecular flexibility index (Phi) is 3.27. The van der Waals surface area contributed by atoms with Crippen molar-refractivity contribution in [3.63, 3.8) is 0 Å². The van der Waals surface area contributed by atoms with Crippen LogP contribution in [0.25, 0.3) is 0 Å². The van der Waals surface area contributed by atoms with E-state index in [9.17, 15) is 5.11 Å². The molecule has 0 amide bonds. The number of hydrogen-bond donors (Lipinski definition) is 1. The van der Waals surface area contributed by atoms with Crippen molar-refractivity contribution in [2.75, 3.05) is 13.1 Å². The lowest BCUT2D eigenvalue weighted by molar-refractivity contribution is 0.239. The van der Waals surface area contributed by atoms with E-state index in [1.54, 1.807) is 6.07 Å². The minimum atomic E-state index is 0.380. The second kappa shape index (κ2) is 4.67. The standard InChI is InChI=1S/C13H19NO/c1-2-13(14-8-3-4-9-14)11-6-5-7-12(15)10-11/h5-7,10,13,15H,2-4,8-9H2,1H3. The van der Waals surface area contributed by atoms with Crippen molar-refractivity contribution >= 4 is 0 Å². The van der Waals surface area contributed by atoms with Crippen LogP contribution >= 0.6 is 0 Å². The first-order valence-electron chi connectivity index (χ1n) is 5.84. The van der Waals surface area contributed by atoms with Crippen LogP contribution in [0.1, 0.15) is 37.8 Å². The Morgan fingerprint density at radius 2 is 2.07 bits per heavy atom. The molecule has 0 aromatic heterocycles. The van der Waals surface area contributed by atoms with Gasteiger partial charge >= 0.3 is 0 Å². The van der Waals surface area contributed by atoms with Gasteiger partial charge in [-0.25, -0.2) is 0 Å². The zero-order valence-electron chi connectivity index (χ0n) is 9.32. The van der Waals surface area contributed by atoms with E-state index in [4.69, 9.17) is 0 Å². The van der Waals surface area contributed by atoms with Gasteiger partial charge in [-0.3, -0.25) is 4.90 Å². The molecule has 1 aliphatic rings. The molecule has 0 bridgehead atoms. The molecule has 1 aromatic carbocycles. The van der Waals surface area contributed by atoms with Crippen LogP contribution < -0.4 is 0 Å². The third kappa shape index (κ3) is 2.32. The second-order valence-corrected chi connectivity index (χ2v) is 4.26. The molecule has 1 aromatic rings. The van der Waals surface area contributed by atoms with Crippen molar-refractivity contribution in [2.24, 2.45) is 0 Å². The molecule has 0 saturated carbocycles. The highest BCUT2D eigenvalue weighted by atomic mass is 16.3. The van der Waals surface area contributed by atoms with Gasteiger partial charge in [0.1, 0.15) is 5.75 Å². The lowest BCUT2D eigenvalue weighted by Crippen LogP contribution is -2.24. The molecular weight excluding hydrogens is 186 g/mol. The predicted molar refractivity (Wildman–Crippen MR) is 61.9 cm³/mol. The van der Waals surface area contributed by atoms with Crippen LogP contribution in [-0.4, -0.2) is 23.1 Å². The van der Waals surface area contributed by atoms with Gasteiger partial charge in [-0.05, 0) is 50.0 Å². The Bertz CT molecular complexity index is 318. The van der Waals surface area contributed by atoms with Crippen LogP contribution in [0.4, 0.5) is 0 Å². The number of likely N-dealkylation sites (tertiary alicyclic amines) is 1. The number of nitrogens with zero attached hydrogens (tertiary/aromatic N) is 1. The quantitative estimate of drug-likeness (QED) is 0.820. The zero-order chi connectivity index (χ0) is 10.7. The average molecular weight is 205 g/mol. The summed E-state index contributed by atoms with van der Waals surface area (Å²) in [6.45, 7) is 4.62. The molecule has 1 fully saturated rings. The fraction of sp³-hybridized carbons (Fsp3) is 0.538. The molecule has 0 spiro atoms. The van der Waals surface area contributed by atoms with Crippen molar-refractivity contribution in [3.05, 3.63) is 29.8 Å². The molecule has 1 N–H and O–H groups in total. The number of phenols is 1. The minimum Gasteiger partial charge on any atom is -0.508 e. The van der Waals surface area contributed by atoms with Crippen LogP contribution in [0.3, 0.4) is 0 Å². The van der Waals surface area contributed by atoms with Crippen LogP contribution in [0, 0.1) is 0 Å². The fourth-order valence-corrected chi connectivity index (χ4v) is 2.49.